The van der Waals surface area contributed by atoms with E-state index in [9.17, 15) is 4.79 Å². The van der Waals surface area contributed by atoms with Crippen LogP contribution in [0.1, 0.15) is 28.3 Å². The number of benzene rings is 1. The molecule has 1 atom stereocenters. The van der Waals surface area contributed by atoms with Gasteiger partial charge in [0.25, 0.3) is 5.91 Å². The molecule has 0 spiro atoms. The molecule has 0 aliphatic carbocycles. The van der Waals surface area contributed by atoms with Gasteiger partial charge in [-0.1, -0.05) is 12.1 Å². The molecular formula is C15H16N4OS. The van der Waals surface area contributed by atoms with Gasteiger partial charge in [0.2, 0.25) is 0 Å². The number of fused-ring (bicyclic) bond motifs is 1. The third-order valence-corrected chi connectivity index (χ3v) is 4.73. The zero-order valence-electron chi connectivity index (χ0n) is 12.1. The summed E-state index contributed by atoms with van der Waals surface area (Å²) in [7, 11) is 3.60. The number of nitrogens with zero attached hydrogens (tertiary/aromatic N) is 4. The number of aryl methyl sites for hydroxylation is 1. The highest BCUT2D eigenvalue weighted by Crippen LogP contribution is 2.29. The first kappa shape index (κ1) is 13.8. The van der Waals surface area contributed by atoms with Gasteiger partial charge in [0.05, 0.1) is 28.0 Å². The van der Waals surface area contributed by atoms with Crippen LogP contribution < -0.4 is 0 Å². The van der Waals surface area contributed by atoms with Crippen molar-refractivity contribution in [3.8, 4) is 0 Å². The Bertz CT molecular complexity index is 759. The Kier molecular flexibility index (Phi) is 3.47. The second kappa shape index (κ2) is 5.29. The molecule has 2 heterocycles. The molecule has 1 aromatic carbocycles. The van der Waals surface area contributed by atoms with Gasteiger partial charge >= 0.3 is 0 Å². The average Bonchev–Trinajstić information content (AvgIpc) is 3.10. The maximum Gasteiger partial charge on any atom is 0.257 e. The van der Waals surface area contributed by atoms with Gasteiger partial charge in [0.15, 0.2) is 0 Å². The van der Waals surface area contributed by atoms with Crippen LogP contribution in [0.15, 0.2) is 36.7 Å². The topological polar surface area (TPSA) is 51.0 Å². The SMILES string of the molecule is C[C@H](c1nc2ccccc2s1)N(C)C(=O)c1cnn(C)c1. The van der Waals surface area contributed by atoms with Crippen LogP contribution in [0.4, 0.5) is 0 Å². The first-order chi connectivity index (χ1) is 10.1. The van der Waals surface area contributed by atoms with Crippen LogP contribution in [0.5, 0.6) is 0 Å². The minimum Gasteiger partial charge on any atom is -0.332 e. The van der Waals surface area contributed by atoms with Crippen molar-refractivity contribution in [2.24, 2.45) is 7.05 Å². The van der Waals surface area contributed by atoms with Gasteiger partial charge in [0, 0.05) is 20.3 Å². The summed E-state index contributed by atoms with van der Waals surface area (Å²) in [4.78, 5) is 18.8. The van der Waals surface area contributed by atoms with E-state index in [1.54, 1.807) is 47.4 Å². The number of aromatic nitrogens is 3. The predicted octanol–water partition coefficient (Wildman–Crippen LogP) is 2.86. The van der Waals surface area contributed by atoms with Crippen LogP contribution in [0.25, 0.3) is 10.2 Å². The van der Waals surface area contributed by atoms with Gasteiger partial charge in [-0.2, -0.15) is 5.10 Å². The van der Waals surface area contributed by atoms with Crippen molar-refractivity contribution in [1.82, 2.24) is 19.7 Å². The predicted molar refractivity (Wildman–Crippen MR) is 83.3 cm³/mol. The molecule has 0 saturated carbocycles. The third-order valence-electron chi connectivity index (χ3n) is 3.52. The lowest BCUT2D eigenvalue weighted by molar-refractivity contribution is 0.0742. The van der Waals surface area contributed by atoms with E-state index < -0.39 is 0 Å². The first-order valence-corrected chi connectivity index (χ1v) is 7.49. The van der Waals surface area contributed by atoms with Crippen molar-refractivity contribution in [3.05, 3.63) is 47.2 Å². The molecule has 0 N–H and O–H groups in total. The van der Waals surface area contributed by atoms with Crippen molar-refractivity contribution in [2.45, 2.75) is 13.0 Å². The van der Waals surface area contributed by atoms with Crippen LogP contribution in [0, 0.1) is 0 Å². The van der Waals surface area contributed by atoms with Crippen LogP contribution in [0.3, 0.4) is 0 Å². The quantitative estimate of drug-likeness (QED) is 0.747. The highest BCUT2D eigenvalue weighted by atomic mass is 32.1. The largest absolute Gasteiger partial charge is 0.332 e. The first-order valence-electron chi connectivity index (χ1n) is 6.67. The summed E-state index contributed by atoms with van der Waals surface area (Å²) in [5.74, 6) is -0.0464. The number of carbonyl (C=O) groups is 1. The minimum atomic E-state index is -0.0740. The summed E-state index contributed by atoms with van der Waals surface area (Å²) in [6, 6.07) is 7.94. The second-order valence-electron chi connectivity index (χ2n) is 5.01. The van der Waals surface area contributed by atoms with Crippen LogP contribution >= 0.6 is 11.3 Å². The van der Waals surface area contributed by atoms with Crippen LogP contribution in [0.2, 0.25) is 0 Å². The molecule has 21 heavy (non-hydrogen) atoms. The molecule has 2 aromatic heterocycles. The molecule has 0 radical (unpaired) electrons. The molecule has 0 aliphatic rings. The Labute approximate surface area is 126 Å². The number of rotatable bonds is 3. The van der Waals surface area contributed by atoms with Crippen LogP contribution in [-0.2, 0) is 7.05 Å². The number of thiazole rings is 1. The Balaban J connectivity index is 1.86. The molecule has 1 amide bonds. The number of hydrogen-bond donors (Lipinski definition) is 0. The molecule has 0 unspecified atom stereocenters. The lowest BCUT2D eigenvalue weighted by Gasteiger charge is -2.22. The van der Waals surface area contributed by atoms with E-state index in [0.29, 0.717) is 5.56 Å². The van der Waals surface area contributed by atoms with Gasteiger partial charge < -0.3 is 4.90 Å². The van der Waals surface area contributed by atoms with E-state index in [4.69, 9.17) is 0 Å². The fourth-order valence-corrected chi connectivity index (χ4v) is 3.21. The van der Waals surface area contributed by atoms with E-state index in [1.165, 1.54) is 0 Å². The van der Waals surface area contributed by atoms with Crippen molar-refractivity contribution < 1.29 is 4.79 Å². The van der Waals surface area contributed by atoms with E-state index in [-0.39, 0.29) is 11.9 Å². The number of carbonyl (C=O) groups excluding carboxylic acids is 1. The molecule has 6 heteroatoms. The van der Waals surface area contributed by atoms with Crippen molar-refractivity contribution in [1.29, 1.82) is 0 Å². The molecule has 0 saturated heterocycles. The summed E-state index contributed by atoms with van der Waals surface area (Å²) in [5, 5.41) is 4.98. The molecule has 3 aromatic rings. The fourth-order valence-electron chi connectivity index (χ4n) is 2.15. The minimum absolute atomic E-state index is 0.0464. The van der Waals surface area contributed by atoms with Crippen molar-refractivity contribution in [3.63, 3.8) is 0 Å². The molecule has 5 nitrogen and oxygen atoms in total. The summed E-state index contributed by atoms with van der Waals surface area (Å²) >= 11 is 1.63. The maximum absolute atomic E-state index is 12.4. The summed E-state index contributed by atoms with van der Waals surface area (Å²) in [6.45, 7) is 1.99. The Morgan fingerprint density at radius 2 is 2.14 bits per heavy atom. The third kappa shape index (κ3) is 2.54. The summed E-state index contributed by atoms with van der Waals surface area (Å²) in [6.07, 6.45) is 3.31. The highest BCUT2D eigenvalue weighted by molar-refractivity contribution is 7.18. The van der Waals surface area contributed by atoms with Gasteiger partial charge in [-0.05, 0) is 19.1 Å². The van der Waals surface area contributed by atoms with Gasteiger partial charge in [-0.15, -0.1) is 11.3 Å². The fraction of sp³-hybridized carbons (Fsp3) is 0.267. The van der Waals surface area contributed by atoms with Gasteiger partial charge in [0.1, 0.15) is 5.01 Å². The molecule has 0 aliphatic heterocycles. The molecular weight excluding hydrogens is 284 g/mol. The van der Waals surface area contributed by atoms with Crippen molar-refractivity contribution in [2.75, 3.05) is 7.05 Å². The average molecular weight is 300 g/mol. The van der Waals surface area contributed by atoms with Crippen LogP contribution in [-0.4, -0.2) is 32.6 Å². The normalized spacial score (nSPS) is 12.5. The lowest BCUT2D eigenvalue weighted by atomic mass is 10.2. The molecule has 3 rings (SSSR count). The Morgan fingerprint density at radius 3 is 2.81 bits per heavy atom. The van der Waals surface area contributed by atoms with Gasteiger partial charge in [-0.3, -0.25) is 9.48 Å². The highest BCUT2D eigenvalue weighted by Gasteiger charge is 2.22. The zero-order chi connectivity index (χ0) is 15.0. The standard InChI is InChI=1S/C15H16N4OS/c1-10(14-17-12-6-4-5-7-13(12)21-14)19(3)15(20)11-8-16-18(2)9-11/h4-10H,1-3H3/t10-/m1/s1. The molecule has 0 bridgehead atoms. The smallest absolute Gasteiger partial charge is 0.257 e. The second-order valence-corrected chi connectivity index (χ2v) is 6.08. The van der Waals surface area contributed by atoms with Crippen molar-refractivity contribution >= 4 is 27.5 Å². The summed E-state index contributed by atoms with van der Waals surface area (Å²) in [5.41, 5.74) is 1.57. The lowest BCUT2D eigenvalue weighted by Crippen LogP contribution is -2.29. The molecule has 108 valence electrons. The Morgan fingerprint density at radius 1 is 1.38 bits per heavy atom. The number of para-hydroxylation sites is 1. The van der Waals surface area contributed by atoms with E-state index in [2.05, 4.69) is 10.1 Å². The van der Waals surface area contributed by atoms with Gasteiger partial charge in [-0.25, -0.2) is 4.98 Å². The Hall–Kier alpha value is -2.21. The van der Waals surface area contributed by atoms with E-state index in [1.807, 2.05) is 31.2 Å². The van der Waals surface area contributed by atoms with E-state index >= 15 is 0 Å². The van der Waals surface area contributed by atoms with E-state index in [0.717, 1.165) is 15.2 Å². The maximum atomic E-state index is 12.4. The number of hydrogen-bond acceptors (Lipinski definition) is 4. The molecule has 0 fully saturated rings. The zero-order valence-corrected chi connectivity index (χ0v) is 13.0. The summed E-state index contributed by atoms with van der Waals surface area (Å²) < 4.78 is 2.77. The number of amides is 1. The monoisotopic (exact) mass is 300 g/mol.